The topological polar surface area (TPSA) is 62.1 Å². The van der Waals surface area contributed by atoms with E-state index < -0.39 is 11.6 Å². The van der Waals surface area contributed by atoms with E-state index in [4.69, 9.17) is 10.00 Å². The Labute approximate surface area is 78.9 Å². The highest BCUT2D eigenvalue weighted by Crippen LogP contribution is 2.00. The van der Waals surface area contributed by atoms with E-state index in [9.17, 15) is 4.79 Å². The molecule has 0 saturated heterocycles. The van der Waals surface area contributed by atoms with E-state index >= 15 is 0 Å². The molecule has 0 aromatic carbocycles. The molecular formula is C9H16N2O2. The minimum absolute atomic E-state index is 0.302. The van der Waals surface area contributed by atoms with Gasteiger partial charge in [0.15, 0.2) is 0 Å². The molecule has 0 aliphatic rings. The fraction of sp³-hybridized carbons (Fsp3) is 0.778. The Hall–Kier alpha value is -1.24. The molecule has 1 amide bonds. The number of hydrogen-bond donors (Lipinski definition) is 1. The average molecular weight is 184 g/mol. The van der Waals surface area contributed by atoms with Gasteiger partial charge < -0.3 is 10.1 Å². The fourth-order valence-electron chi connectivity index (χ4n) is 0.562. The molecule has 0 heterocycles. The van der Waals surface area contributed by atoms with Crippen LogP contribution in [0, 0.1) is 17.2 Å². The number of carbonyl (C=O) groups is 1. The van der Waals surface area contributed by atoms with Crippen molar-refractivity contribution in [3.63, 3.8) is 0 Å². The zero-order valence-electron chi connectivity index (χ0n) is 8.55. The smallest absolute Gasteiger partial charge is 0.408 e. The van der Waals surface area contributed by atoms with Crippen molar-refractivity contribution >= 4 is 6.09 Å². The van der Waals surface area contributed by atoms with Crippen LogP contribution in [-0.4, -0.2) is 18.2 Å². The van der Waals surface area contributed by atoms with Crippen molar-refractivity contribution in [2.45, 2.75) is 33.2 Å². The summed E-state index contributed by atoms with van der Waals surface area (Å²) >= 11 is 0. The highest BCUT2D eigenvalue weighted by Gasteiger charge is 2.19. The van der Waals surface area contributed by atoms with Crippen LogP contribution in [0.2, 0.25) is 0 Å². The summed E-state index contributed by atoms with van der Waals surface area (Å²) < 4.78 is 4.84. The molecule has 4 heteroatoms. The average Bonchev–Trinajstić information content (AvgIpc) is 2.00. The van der Waals surface area contributed by atoms with Crippen LogP contribution >= 0.6 is 0 Å². The molecule has 0 radical (unpaired) electrons. The van der Waals surface area contributed by atoms with E-state index in [2.05, 4.69) is 5.32 Å². The summed E-state index contributed by atoms with van der Waals surface area (Å²) in [5.41, 5.74) is -0.867. The Morgan fingerprint density at radius 1 is 1.62 bits per heavy atom. The van der Waals surface area contributed by atoms with E-state index in [-0.39, 0.29) is 0 Å². The third kappa shape index (κ3) is 5.97. The Balaban J connectivity index is 3.83. The molecule has 4 nitrogen and oxygen atoms in total. The third-order valence-corrected chi connectivity index (χ3v) is 1.24. The summed E-state index contributed by atoms with van der Waals surface area (Å²) in [5, 5.41) is 11.0. The number of hydrogen-bond acceptors (Lipinski definition) is 3. The second-order valence-corrected chi connectivity index (χ2v) is 3.85. The van der Waals surface area contributed by atoms with Crippen molar-refractivity contribution in [1.82, 2.24) is 5.32 Å². The Bertz CT molecular complexity index is 216. The van der Waals surface area contributed by atoms with Gasteiger partial charge in [-0.1, -0.05) is 13.8 Å². The van der Waals surface area contributed by atoms with Crippen LogP contribution in [0.3, 0.4) is 0 Å². The summed E-state index contributed by atoms with van der Waals surface area (Å²) in [6.07, 6.45) is -0.541. The van der Waals surface area contributed by atoms with Gasteiger partial charge in [-0.3, -0.25) is 0 Å². The third-order valence-electron chi connectivity index (χ3n) is 1.24. The van der Waals surface area contributed by atoms with Crippen molar-refractivity contribution < 1.29 is 9.53 Å². The van der Waals surface area contributed by atoms with E-state index in [0.717, 1.165) is 0 Å². The highest BCUT2D eigenvalue weighted by atomic mass is 16.5. The zero-order valence-corrected chi connectivity index (χ0v) is 8.55. The van der Waals surface area contributed by atoms with Gasteiger partial charge in [0.2, 0.25) is 0 Å². The van der Waals surface area contributed by atoms with Crippen molar-refractivity contribution in [3.05, 3.63) is 0 Å². The first-order valence-electron chi connectivity index (χ1n) is 4.23. The van der Waals surface area contributed by atoms with Gasteiger partial charge in [0.05, 0.1) is 12.7 Å². The Morgan fingerprint density at radius 3 is 2.54 bits per heavy atom. The molecule has 0 atom stereocenters. The molecule has 0 spiro atoms. The molecule has 0 aliphatic heterocycles. The van der Waals surface area contributed by atoms with E-state index in [1.165, 1.54) is 0 Å². The lowest BCUT2D eigenvalue weighted by atomic mass is 10.1. The maximum atomic E-state index is 11.0. The number of amides is 1. The number of nitriles is 1. The van der Waals surface area contributed by atoms with Crippen molar-refractivity contribution in [2.24, 2.45) is 5.92 Å². The number of carbonyl (C=O) groups excluding carboxylic acids is 1. The SMILES string of the molecule is CC(C)COC(=O)NC(C)(C)C#N. The molecule has 1 N–H and O–H groups in total. The van der Waals surface area contributed by atoms with E-state index in [1.54, 1.807) is 13.8 Å². The number of rotatable bonds is 3. The largest absolute Gasteiger partial charge is 0.449 e. The predicted molar refractivity (Wildman–Crippen MR) is 49.0 cm³/mol. The van der Waals surface area contributed by atoms with Gasteiger partial charge in [-0.05, 0) is 19.8 Å². The van der Waals surface area contributed by atoms with Gasteiger partial charge in [-0.2, -0.15) is 5.26 Å². The molecule has 0 bridgehead atoms. The first-order chi connectivity index (χ1) is 5.87. The lowest BCUT2D eigenvalue weighted by Crippen LogP contribution is -2.42. The molecule has 0 aromatic heterocycles. The number of nitrogens with one attached hydrogen (secondary N) is 1. The summed E-state index contributed by atoms with van der Waals surface area (Å²) in [5.74, 6) is 0.302. The molecule has 0 rings (SSSR count). The maximum Gasteiger partial charge on any atom is 0.408 e. The van der Waals surface area contributed by atoms with Crippen molar-refractivity contribution in [3.8, 4) is 6.07 Å². The van der Waals surface area contributed by atoms with E-state index in [0.29, 0.717) is 12.5 Å². The molecule has 0 saturated carbocycles. The first-order valence-corrected chi connectivity index (χ1v) is 4.23. The second-order valence-electron chi connectivity index (χ2n) is 3.85. The molecular weight excluding hydrogens is 168 g/mol. The summed E-state index contributed by atoms with van der Waals surface area (Å²) in [7, 11) is 0. The van der Waals surface area contributed by atoms with Crippen LogP contribution in [0.4, 0.5) is 4.79 Å². The first kappa shape index (κ1) is 11.8. The maximum absolute atomic E-state index is 11.0. The Morgan fingerprint density at radius 2 is 2.15 bits per heavy atom. The Kier molecular flexibility index (Phi) is 4.26. The van der Waals surface area contributed by atoms with Crippen LogP contribution in [-0.2, 0) is 4.74 Å². The van der Waals surface area contributed by atoms with Gasteiger partial charge in [0, 0.05) is 0 Å². The molecule has 0 aromatic rings. The number of alkyl carbamates (subject to hydrolysis) is 1. The number of nitrogens with zero attached hydrogens (tertiary/aromatic N) is 1. The summed E-state index contributed by atoms with van der Waals surface area (Å²) in [6, 6.07) is 1.95. The normalized spacial score (nSPS) is 10.8. The van der Waals surface area contributed by atoms with Gasteiger partial charge in [-0.25, -0.2) is 4.79 Å². The van der Waals surface area contributed by atoms with Gasteiger partial charge in [-0.15, -0.1) is 0 Å². The lowest BCUT2D eigenvalue weighted by molar-refractivity contribution is 0.127. The minimum atomic E-state index is -0.867. The summed E-state index contributed by atoms with van der Waals surface area (Å²) in [4.78, 5) is 11.0. The number of ether oxygens (including phenoxy) is 1. The lowest BCUT2D eigenvalue weighted by Gasteiger charge is -2.17. The molecule has 0 fully saturated rings. The standard InChI is InChI=1S/C9H16N2O2/c1-7(2)5-13-8(12)11-9(3,4)6-10/h7H,5H2,1-4H3,(H,11,12). The van der Waals surface area contributed by atoms with Crippen LogP contribution < -0.4 is 5.32 Å². The quantitative estimate of drug-likeness (QED) is 0.725. The monoisotopic (exact) mass is 184 g/mol. The van der Waals surface area contributed by atoms with Crippen LogP contribution in [0.5, 0.6) is 0 Å². The molecule has 0 aliphatic carbocycles. The fourth-order valence-corrected chi connectivity index (χ4v) is 0.562. The van der Waals surface area contributed by atoms with E-state index in [1.807, 2.05) is 19.9 Å². The van der Waals surface area contributed by atoms with Crippen LogP contribution in [0.25, 0.3) is 0 Å². The minimum Gasteiger partial charge on any atom is -0.449 e. The zero-order chi connectivity index (χ0) is 10.5. The van der Waals surface area contributed by atoms with Crippen LogP contribution in [0.1, 0.15) is 27.7 Å². The predicted octanol–water partition coefficient (Wildman–Crippen LogP) is 1.67. The highest BCUT2D eigenvalue weighted by molar-refractivity contribution is 5.68. The molecule has 74 valence electrons. The van der Waals surface area contributed by atoms with Gasteiger partial charge >= 0.3 is 6.09 Å². The van der Waals surface area contributed by atoms with Crippen molar-refractivity contribution in [2.75, 3.05) is 6.61 Å². The van der Waals surface area contributed by atoms with Crippen molar-refractivity contribution in [1.29, 1.82) is 5.26 Å². The molecule has 13 heavy (non-hydrogen) atoms. The summed E-state index contributed by atoms with van der Waals surface area (Å²) in [6.45, 7) is 7.49. The molecule has 0 unspecified atom stereocenters. The van der Waals surface area contributed by atoms with Crippen LogP contribution in [0.15, 0.2) is 0 Å². The van der Waals surface area contributed by atoms with Gasteiger partial charge in [0.25, 0.3) is 0 Å². The van der Waals surface area contributed by atoms with Gasteiger partial charge in [0.1, 0.15) is 5.54 Å². The second kappa shape index (κ2) is 4.70.